The molecule has 0 aromatic rings. The molecule has 2 fully saturated rings. The minimum Gasteiger partial charge on any atom is -0.329 e. The third-order valence-corrected chi connectivity index (χ3v) is 6.48. The first-order valence-corrected chi connectivity index (χ1v) is 8.79. The zero-order valence-electron chi connectivity index (χ0n) is 9.52. The van der Waals surface area contributed by atoms with Gasteiger partial charge in [-0.25, -0.2) is 8.42 Å². The van der Waals surface area contributed by atoms with Gasteiger partial charge in [-0.1, -0.05) is 0 Å². The fraction of sp³-hybridized carbons (Fsp3) is 1.00. The second-order valence-corrected chi connectivity index (χ2v) is 8.13. The molecule has 1 atom stereocenters. The highest BCUT2D eigenvalue weighted by Gasteiger charge is 2.42. The smallest absolute Gasteiger partial charge is 0.152 e. The Hall–Kier alpha value is 0.220. The highest BCUT2D eigenvalue weighted by atomic mass is 32.2. The summed E-state index contributed by atoms with van der Waals surface area (Å²) in [6, 6.07) is 0. The second kappa shape index (κ2) is 4.84. The van der Waals surface area contributed by atoms with Gasteiger partial charge in [0.25, 0.3) is 0 Å². The largest absolute Gasteiger partial charge is 0.329 e. The van der Waals surface area contributed by atoms with E-state index in [1.807, 2.05) is 11.8 Å². The Morgan fingerprint density at radius 3 is 2.56 bits per heavy atom. The summed E-state index contributed by atoms with van der Waals surface area (Å²) in [5.74, 6) is 2.81. The molecule has 0 aliphatic carbocycles. The molecule has 0 spiro atoms. The molecular formula is C10H20N2O2S2. The molecule has 2 aliphatic heterocycles. The van der Waals surface area contributed by atoms with Gasteiger partial charge >= 0.3 is 0 Å². The number of rotatable bonds is 2. The molecule has 94 valence electrons. The maximum absolute atomic E-state index is 11.8. The van der Waals surface area contributed by atoms with Crippen LogP contribution in [0.2, 0.25) is 0 Å². The average molecular weight is 264 g/mol. The summed E-state index contributed by atoms with van der Waals surface area (Å²) >= 11 is 1.94. The molecule has 2 heterocycles. The van der Waals surface area contributed by atoms with E-state index >= 15 is 0 Å². The van der Waals surface area contributed by atoms with Gasteiger partial charge in [-0.15, -0.1) is 0 Å². The van der Waals surface area contributed by atoms with Crippen LogP contribution < -0.4 is 5.73 Å². The molecule has 2 aliphatic rings. The molecule has 0 radical (unpaired) electrons. The predicted molar refractivity (Wildman–Crippen MR) is 68.6 cm³/mol. The van der Waals surface area contributed by atoms with Gasteiger partial charge in [0, 0.05) is 36.7 Å². The molecule has 0 saturated carbocycles. The van der Waals surface area contributed by atoms with E-state index in [9.17, 15) is 8.42 Å². The molecule has 0 bridgehead atoms. The number of sulfone groups is 1. The monoisotopic (exact) mass is 264 g/mol. The predicted octanol–water partition coefficient (Wildman–Crippen LogP) is -0.0587. The van der Waals surface area contributed by atoms with E-state index in [-0.39, 0.29) is 11.3 Å². The number of nitrogens with two attached hydrogens (primary N) is 1. The number of thioether (sulfide) groups is 1. The normalized spacial score (nSPS) is 36.1. The van der Waals surface area contributed by atoms with Crippen molar-refractivity contribution in [1.82, 2.24) is 4.90 Å². The molecule has 0 aromatic carbocycles. The summed E-state index contributed by atoms with van der Waals surface area (Å²) in [4.78, 5) is 2.32. The van der Waals surface area contributed by atoms with Crippen molar-refractivity contribution in [2.45, 2.75) is 18.4 Å². The van der Waals surface area contributed by atoms with E-state index in [0.717, 1.165) is 37.4 Å². The van der Waals surface area contributed by atoms with Crippen molar-refractivity contribution in [1.29, 1.82) is 0 Å². The van der Waals surface area contributed by atoms with Gasteiger partial charge in [-0.05, 0) is 12.8 Å². The van der Waals surface area contributed by atoms with Crippen LogP contribution in [0.4, 0.5) is 0 Å². The van der Waals surface area contributed by atoms with Gasteiger partial charge in [0.2, 0.25) is 0 Å². The third-order valence-electron chi connectivity index (χ3n) is 3.65. The number of nitrogens with zero attached hydrogens (tertiary/aromatic N) is 1. The van der Waals surface area contributed by atoms with Crippen LogP contribution in [0.1, 0.15) is 12.8 Å². The van der Waals surface area contributed by atoms with E-state index in [1.54, 1.807) is 0 Å². The van der Waals surface area contributed by atoms with Crippen molar-refractivity contribution in [3.8, 4) is 0 Å². The van der Waals surface area contributed by atoms with E-state index in [4.69, 9.17) is 5.73 Å². The van der Waals surface area contributed by atoms with E-state index < -0.39 is 9.84 Å². The Labute approximate surface area is 102 Å². The number of hydrogen-bond donors (Lipinski definition) is 1. The summed E-state index contributed by atoms with van der Waals surface area (Å²) in [6.45, 7) is 2.44. The van der Waals surface area contributed by atoms with Crippen molar-refractivity contribution in [3.63, 3.8) is 0 Å². The average Bonchev–Trinajstić information content (AvgIpc) is 2.29. The van der Waals surface area contributed by atoms with Crippen LogP contribution in [0.15, 0.2) is 0 Å². The zero-order valence-corrected chi connectivity index (χ0v) is 11.2. The van der Waals surface area contributed by atoms with E-state index in [0.29, 0.717) is 12.3 Å². The van der Waals surface area contributed by atoms with Crippen LogP contribution in [0, 0.1) is 0 Å². The van der Waals surface area contributed by atoms with Gasteiger partial charge in [0.1, 0.15) is 0 Å². The number of hydrogen-bond acceptors (Lipinski definition) is 5. The van der Waals surface area contributed by atoms with E-state index in [2.05, 4.69) is 4.90 Å². The first-order valence-electron chi connectivity index (χ1n) is 5.81. The Kier molecular flexibility index (Phi) is 3.83. The summed E-state index contributed by atoms with van der Waals surface area (Å²) in [7, 11) is -2.88. The molecule has 6 heteroatoms. The van der Waals surface area contributed by atoms with Gasteiger partial charge in [-0.3, -0.25) is 4.90 Å². The Morgan fingerprint density at radius 1 is 1.31 bits per heavy atom. The maximum atomic E-state index is 11.8. The topological polar surface area (TPSA) is 63.4 Å². The third kappa shape index (κ3) is 2.55. The summed E-state index contributed by atoms with van der Waals surface area (Å²) in [5, 5.41) is 0. The lowest BCUT2D eigenvalue weighted by Crippen LogP contribution is -2.62. The molecule has 0 amide bonds. The Balaban J connectivity index is 2.17. The summed E-state index contributed by atoms with van der Waals surface area (Å²) in [5.41, 5.74) is 5.61. The summed E-state index contributed by atoms with van der Waals surface area (Å²) in [6.07, 6.45) is 1.70. The van der Waals surface area contributed by atoms with Crippen LogP contribution in [0.5, 0.6) is 0 Å². The fourth-order valence-corrected chi connectivity index (χ4v) is 5.65. The van der Waals surface area contributed by atoms with Crippen LogP contribution in [0.3, 0.4) is 0 Å². The second-order valence-electron chi connectivity index (χ2n) is 4.72. The zero-order chi connectivity index (χ0) is 11.6. The lowest BCUT2D eigenvalue weighted by Gasteiger charge is -2.46. The molecule has 4 nitrogen and oxygen atoms in total. The van der Waals surface area contributed by atoms with Gasteiger partial charge in [-0.2, -0.15) is 11.8 Å². The molecule has 2 saturated heterocycles. The van der Waals surface area contributed by atoms with Crippen LogP contribution in [0.25, 0.3) is 0 Å². The molecular weight excluding hydrogens is 244 g/mol. The molecule has 2 N–H and O–H groups in total. The Morgan fingerprint density at radius 2 is 2.00 bits per heavy atom. The minimum absolute atomic E-state index is 0.265. The first kappa shape index (κ1) is 12.7. The van der Waals surface area contributed by atoms with Gasteiger partial charge < -0.3 is 5.73 Å². The van der Waals surface area contributed by atoms with Crippen LogP contribution in [-0.4, -0.2) is 61.5 Å². The van der Waals surface area contributed by atoms with Crippen molar-refractivity contribution in [2.75, 3.05) is 42.6 Å². The molecule has 16 heavy (non-hydrogen) atoms. The van der Waals surface area contributed by atoms with E-state index in [1.165, 1.54) is 0 Å². The first-order chi connectivity index (χ1) is 7.58. The standard InChI is InChI=1S/C10H20N2O2S2/c11-8-10(12-3-5-15-6-4-12)2-1-7-16(13,14)9-10/h1-9,11H2. The summed E-state index contributed by atoms with van der Waals surface area (Å²) < 4.78 is 23.6. The molecule has 2 rings (SSSR count). The molecule has 0 aromatic heterocycles. The highest BCUT2D eigenvalue weighted by molar-refractivity contribution is 7.99. The van der Waals surface area contributed by atoms with Gasteiger partial charge in [0.05, 0.1) is 11.5 Å². The van der Waals surface area contributed by atoms with Crippen molar-refractivity contribution < 1.29 is 8.42 Å². The van der Waals surface area contributed by atoms with Gasteiger partial charge in [0.15, 0.2) is 9.84 Å². The lowest BCUT2D eigenvalue weighted by molar-refractivity contribution is 0.112. The minimum atomic E-state index is -2.88. The van der Waals surface area contributed by atoms with Crippen molar-refractivity contribution in [2.24, 2.45) is 5.73 Å². The highest BCUT2D eigenvalue weighted by Crippen LogP contribution is 2.30. The van der Waals surface area contributed by atoms with Crippen LogP contribution >= 0.6 is 11.8 Å². The molecule has 1 unspecified atom stereocenters. The quantitative estimate of drug-likeness (QED) is 0.757. The van der Waals surface area contributed by atoms with Crippen molar-refractivity contribution >= 4 is 21.6 Å². The maximum Gasteiger partial charge on any atom is 0.152 e. The Bertz CT molecular complexity index is 339. The van der Waals surface area contributed by atoms with Crippen molar-refractivity contribution in [3.05, 3.63) is 0 Å². The lowest BCUT2D eigenvalue weighted by atomic mass is 9.93. The SMILES string of the molecule is NCC1(N2CCSCC2)CCCS(=O)(=O)C1. The van der Waals surface area contributed by atoms with Crippen LogP contribution in [-0.2, 0) is 9.84 Å². The fourth-order valence-electron chi connectivity index (χ4n) is 2.75.